The minimum Gasteiger partial charge on any atom is -0.465 e. The Balaban J connectivity index is 0.000000291. The summed E-state index contributed by atoms with van der Waals surface area (Å²) in [6.07, 6.45) is 0. The number of rotatable bonds is 4. The maximum Gasteiger partial charge on any atom is 0.337 e. The lowest BCUT2D eigenvalue weighted by Crippen LogP contribution is -2.08. The smallest absolute Gasteiger partial charge is 0.337 e. The van der Waals surface area contributed by atoms with Crippen molar-refractivity contribution in [2.24, 2.45) is 0 Å². The molecule has 8 nitrogen and oxygen atoms in total. The number of hydrogen-bond acceptors (Lipinski definition) is 6. The Morgan fingerprint density at radius 3 is 1.86 bits per heavy atom. The number of esters is 2. The van der Waals surface area contributed by atoms with E-state index in [1.165, 1.54) is 28.1 Å². The van der Waals surface area contributed by atoms with Crippen molar-refractivity contribution in [2.45, 2.75) is 13.8 Å². The number of hydrogen-bond donors (Lipinski definition) is 2. The van der Waals surface area contributed by atoms with E-state index in [1.807, 2.05) is 0 Å². The number of carbonyl (C=O) groups is 4. The van der Waals surface area contributed by atoms with Crippen LogP contribution in [0.1, 0.15) is 34.6 Å². The molecular formula is C20H21BrN2O6. The molecule has 0 spiro atoms. The van der Waals surface area contributed by atoms with Gasteiger partial charge in [0.2, 0.25) is 11.8 Å². The molecule has 0 aliphatic heterocycles. The third-order valence-corrected chi connectivity index (χ3v) is 3.99. The Hall–Kier alpha value is -3.20. The highest BCUT2D eigenvalue weighted by molar-refractivity contribution is 9.10. The summed E-state index contributed by atoms with van der Waals surface area (Å²) in [5.41, 5.74) is 1.94. The molecule has 0 aliphatic rings. The Labute approximate surface area is 176 Å². The number of halogens is 1. The minimum atomic E-state index is -0.436. The summed E-state index contributed by atoms with van der Waals surface area (Å²) in [7, 11) is 2.62. The van der Waals surface area contributed by atoms with Gasteiger partial charge in [-0.25, -0.2) is 9.59 Å². The van der Waals surface area contributed by atoms with Crippen LogP contribution >= 0.6 is 15.9 Å². The lowest BCUT2D eigenvalue weighted by Gasteiger charge is -2.06. The average Bonchev–Trinajstić information content (AvgIpc) is 2.68. The predicted octanol–water partition coefficient (Wildman–Crippen LogP) is 3.63. The first-order valence-electron chi connectivity index (χ1n) is 8.29. The molecule has 2 aromatic rings. The molecule has 29 heavy (non-hydrogen) atoms. The minimum absolute atomic E-state index is 0.174. The van der Waals surface area contributed by atoms with Crippen molar-refractivity contribution in [1.82, 2.24) is 0 Å². The fourth-order valence-electron chi connectivity index (χ4n) is 2.10. The van der Waals surface area contributed by atoms with Gasteiger partial charge in [0.15, 0.2) is 0 Å². The van der Waals surface area contributed by atoms with E-state index in [2.05, 4.69) is 36.0 Å². The highest BCUT2D eigenvalue weighted by Gasteiger charge is 2.09. The molecule has 9 heteroatoms. The number of carbonyl (C=O) groups excluding carboxylic acids is 4. The van der Waals surface area contributed by atoms with Crippen molar-refractivity contribution in [1.29, 1.82) is 0 Å². The van der Waals surface area contributed by atoms with Crippen LogP contribution in [0.25, 0.3) is 0 Å². The van der Waals surface area contributed by atoms with Crippen molar-refractivity contribution >= 4 is 51.1 Å². The van der Waals surface area contributed by atoms with Gasteiger partial charge in [-0.1, -0.05) is 6.07 Å². The lowest BCUT2D eigenvalue weighted by atomic mass is 10.2. The number of nitrogens with one attached hydrogen (secondary N) is 2. The van der Waals surface area contributed by atoms with Gasteiger partial charge in [0, 0.05) is 24.0 Å². The summed E-state index contributed by atoms with van der Waals surface area (Å²) in [5.74, 6) is -1.23. The van der Waals surface area contributed by atoms with Crippen molar-refractivity contribution < 1.29 is 28.7 Å². The van der Waals surface area contributed by atoms with Gasteiger partial charge in [-0.15, -0.1) is 0 Å². The quantitative estimate of drug-likeness (QED) is 0.668. The van der Waals surface area contributed by atoms with Crippen LogP contribution in [0.15, 0.2) is 46.9 Å². The monoisotopic (exact) mass is 464 g/mol. The maximum absolute atomic E-state index is 11.2. The largest absolute Gasteiger partial charge is 0.465 e. The van der Waals surface area contributed by atoms with Crippen LogP contribution in [0.5, 0.6) is 0 Å². The SMILES string of the molecule is COC(=O)c1ccc(Br)c(NC(C)=O)c1.COC(=O)c1cccc(NC(C)=O)c1. The Morgan fingerprint density at radius 1 is 0.793 bits per heavy atom. The molecule has 0 heterocycles. The predicted molar refractivity (Wildman–Crippen MR) is 112 cm³/mol. The molecular weight excluding hydrogens is 444 g/mol. The first kappa shape index (κ1) is 23.8. The van der Waals surface area contributed by atoms with Gasteiger partial charge in [0.05, 0.1) is 31.0 Å². The molecule has 0 fully saturated rings. The standard InChI is InChI=1S/C10H10BrNO3.C10H11NO3/c1-6(13)12-9-5-7(10(14)15-2)3-4-8(9)11;1-7(12)11-9-5-3-4-8(6-9)10(13)14-2/h3-5H,1-2H3,(H,12,13);3-6H,1-2H3,(H,11,12). The molecule has 0 unspecified atom stereocenters. The van der Waals surface area contributed by atoms with Crippen molar-refractivity contribution in [3.05, 3.63) is 58.1 Å². The van der Waals surface area contributed by atoms with Gasteiger partial charge >= 0.3 is 11.9 Å². The van der Waals surface area contributed by atoms with E-state index in [9.17, 15) is 19.2 Å². The highest BCUT2D eigenvalue weighted by atomic mass is 79.9. The summed E-state index contributed by atoms with van der Waals surface area (Å²) in [6.45, 7) is 2.81. The van der Waals surface area contributed by atoms with Crippen LogP contribution in [0, 0.1) is 0 Å². The van der Waals surface area contributed by atoms with Gasteiger partial charge in [0.25, 0.3) is 0 Å². The molecule has 0 aromatic heterocycles. The molecule has 0 saturated heterocycles. The normalized spacial score (nSPS) is 9.41. The van der Waals surface area contributed by atoms with E-state index in [4.69, 9.17) is 0 Å². The van der Waals surface area contributed by atoms with Crippen molar-refractivity contribution in [3.8, 4) is 0 Å². The summed E-state index contributed by atoms with van der Waals surface area (Å²) < 4.78 is 9.83. The zero-order valence-electron chi connectivity index (χ0n) is 16.4. The number of benzene rings is 2. The first-order chi connectivity index (χ1) is 13.7. The average molecular weight is 465 g/mol. The third kappa shape index (κ3) is 8.14. The third-order valence-electron chi connectivity index (χ3n) is 3.30. The fraction of sp³-hybridized carbons (Fsp3) is 0.200. The number of methoxy groups -OCH3 is 2. The molecule has 0 radical (unpaired) electrons. The van der Waals surface area contributed by atoms with Crippen molar-refractivity contribution in [2.75, 3.05) is 24.9 Å². The summed E-state index contributed by atoms with van der Waals surface area (Å²) in [5, 5.41) is 5.18. The van der Waals surface area contributed by atoms with Gasteiger partial charge < -0.3 is 20.1 Å². The summed E-state index contributed by atoms with van der Waals surface area (Å²) in [4.78, 5) is 43.9. The second-order valence-electron chi connectivity index (χ2n) is 5.62. The molecule has 2 aromatic carbocycles. The van der Waals surface area contributed by atoms with Gasteiger partial charge in [-0.3, -0.25) is 9.59 Å². The van der Waals surface area contributed by atoms with Crippen LogP contribution < -0.4 is 10.6 Å². The number of amides is 2. The number of ether oxygens (including phenoxy) is 2. The molecule has 2 N–H and O–H groups in total. The van der Waals surface area contributed by atoms with E-state index >= 15 is 0 Å². The second-order valence-corrected chi connectivity index (χ2v) is 6.48. The zero-order chi connectivity index (χ0) is 22.0. The Bertz CT molecular complexity index is 914. The molecule has 2 rings (SSSR count). The first-order valence-corrected chi connectivity index (χ1v) is 9.08. The van der Waals surface area contributed by atoms with Gasteiger partial charge in [-0.05, 0) is 52.3 Å². The molecule has 0 bridgehead atoms. The molecule has 154 valence electrons. The topological polar surface area (TPSA) is 111 Å². The molecule has 2 amide bonds. The van der Waals surface area contributed by atoms with E-state index in [1.54, 1.807) is 42.5 Å². The molecule has 0 atom stereocenters. The molecule has 0 saturated carbocycles. The maximum atomic E-state index is 11.2. The van der Waals surface area contributed by atoms with Crippen molar-refractivity contribution in [3.63, 3.8) is 0 Å². The Kier molecular flexibility index (Phi) is 9.54. The van der Waals surface area contributed by atoms with Gasteiger partial charge in [0.1, 0.15) is 0 Å². The highest BCUT2D eigenvalue weighted by Crippen LogP contribution is 2.23. The van der Waals surface area contributed by atoms with Crippen LogP contribution in [0.2, 0.25) is 0 Å². The zero-order valence-corrected chi connectivity index (χ0v) is 18.0. The van der Waals surface area contributed by atoms with Crippen LogP contribution in [-0.4, -0.2) is 38.0 Å². The van der Waals surface area contributed by atoms with E-state index in [0.29, 0.717) is 27.0 Å². The summed E-state index contributed by atoms with van der Waals surface area (Å²) >= 11 is 3.26. The van der Waals surface area contributed by atoms with E-state index < -0.39 is 11.9 Å². The second kappa shape index (κ2) is 11.6. The van der Waals surface area contributed by atoms with Crippen LogP contribution in [-0.2, 0) is 19.1 Å². The summed E-state index contributed by atoms with van der Waals surface area (Å²) in [6, 6.07) is 11.4. The van der Waals surface area contributed by atoms with Crippen LogP contribution in [0.3, 0.4) is 0 Å². The van der Waals surface area contributed by atoms with Gasteiger partial charge in [-0.2, -0.15) is 0 Å². The lowest BCUT2D eigenvalue weighted by molar-refractivity contribution is -0.115. The Morgan fingerprint density at radius 2 is 1.34 bits per heavy atom. The van der Waals surface area contributed by atoms with Crippen LogP contribution in [0.4, 0.5) is 11.4 Å². The fourth-order valence-corrected chi connectivity index (χ4v) is 2.45. The number of anilines is 2. The van der Waals surface area contributed by atoms with E-state index in [-0.39, 0.29) is 11.8 Å². The van der Waals surface area contributed by atoms with E-state index in [0.717, 1.165) is 0 Å². The molecule has 0 aliphatic carbocycles.